The zero-order valence-corrected chi connectivity index (χ0v) is 35.1. The van der Waals surface area contributed by atoms with Gasteiger partial charge in [-0.1, -0.05) is 146 Å². The second-order valence-electron chi connectivity index (χ2n) is 15.7. The molecule has 7 heteroatoms. The van der Waals surface area contributed by atoms with Gasteiger partial charge in [0.2, 0.25) is 5.89 Å². The predicted molar refractivity (Wildman–Crippen MR) is 263 cm³/mol. The molecule has 13 aromatic rings. The third-order valence-electron chi connectivity index (χ3n) is 12.0. The molecule has 0 aliphatic rings. The number of fused-ring (bicyclic) bond motifs is 10. The lowest BCUT2D eigenvalue weighted by Crippen LogP contribution is -2.01. The molecule has 63 heavy (non-hydrogen) atoms. The van der Waals surface area contributed by atoms with Crippen LogP contribution in [-0.2, 0) is 0 Å². The molecule has 0 saturated carbocycles. The summed E-state index contributed by atoms with van der Waals surface area (Å²) in [5, 5.41) is 7.04. The molecule has 0 bridgehead atoms. The van der Waals surface area contributed by atoms with E-state index >= 15 is 0 Å². The number of thiophene rings is 2. The molecule has 4 aromatic heterocycles. The van der Waals surface area contributed by atoms with Crippen molar-refractivity contribution >= 4 is 84.9 Å². The van der Waals surface area contributed by atoms with Crippen molar-refractivity contribution in [2.24, 2.45) is 0 Å². The van der Waals surface area contributed by atoms with Gasteiger partial charge in [0.25, 0.3) is 0 Å². The van der Waals surface area contributed by atoms with Crippen LogP contribution in [0.2, 0.25) is 0 Å². The molecule has 0 N–H and O–H groups in total. The van der Waals surface area contributed by atoms with Crippen molar-refractivity contribution in [1.82, 2.24) is 19.9 Å². The van der Waals surface area contributed by atoms with Crippen molar-refractivity contribution in [1.29, 1.82) is 0 Å². The standard InChI is InChI=1S/C56H32N4OS2/c1-3-13-33(14-4-1)39-19-7-8-21-43(39)55-59-53(37-18-11-17-36(31-37)40-22-12-23-42-41-20-9-10-24-46(41)63-52(40)42)58-54(60-55)38-26-25-34-27-29-47-49(44(34)32-38)50-48(62-47)30-28-45-51(50)57-56(61-45)35-15-5-2-6-16-35/h1-32H. The zero-order chi connectivity index (χ0) is 41.4. The molecule has 0 spiro atoms. The van der Waals surface area contributed by atoms with Crippen LogP contribution in [0.4, 0.5) is 0 Å². The summed E-state index contributed by atoms with van der Waals surface area (Å²) >= 11 is 3.61. The van der Waals surface area contributed by atoms with E-state index in [9.17, 15) is 0 Å². The maximum Gasteiger partial charge on any atom is 0.227 e. The maximum absolute atomic E-state index is 6.38. The largest absolute Gasteiger partial charge is 0.436 e. The van der Waals surface area contributed by atoms with Gasteiger partial charge in [-0.25, -0.2) is 19.9 Å². The summed E-state index contributed by atoms with van der Waals surface area (Å²) in [6.07, 6.45) is 0. The van der Waals surface area contributed by atoms with Crippen LogP contribution in [-0.4, -0.2) is 19.9 Å². The Kier molecular flexibility index (Phi) is 8.19. The minimum Gasteiger partial charge on any atom is -0.436 e. The van der Waals surface area contributed by atoms with Gasteiger partial charge in [-0.05, 0) is 81.6 Å². The van der Waals surface area contributed by atoms with Gasteiger partial charge in [-0.15, -0.1) is 22.7 Å². The normalized spacial score (nSPS) is 11.8. The summed E-state index contributed by atoms with van der Waals surface area (Å²) in [6, 6.07) is 68.0. The molecule has 0 saturated heterocycles. The number of aromatic nitrogens is 4. The van der Waals surface area contributed by atoms with Crippen LogP contribution in [0.25, 0.3) is 130 Å². The lowest BCUT2D eigenvalue weighted by atomic mass is 9.98. The average Bonchev–Trinajstić information content (AvgIpc) is 4.08. The summed E-state index contributed by atoms with van der Waals surface area (Å²) in [6.45, 7) is 0. The van der Waals surface area contributed by atoms with Crippen molar-refractivity contribution < 1.29 is 4.42 Å². The van der Waals surface area contributed by atoms with E-state index in [1.54, 1.807) is 11.3 Å². The number of oxazole rings is 1. The molecule has 4 heterocycles. The van der Waals surface area contributed by atoms with E-state index in [1.807, 2.05) is 53.8 Å². The lowest BCUT2D eigenvalue weighted by molar-refractivity contribution is 0.620. The monoisotopic (exact) mass is 840 g/mol. The fourth-order valence-electron chi connectivity index (χ4n) is 9.01. The molecule has 0 aliphatic carbocycles. The summed E-state index contributed by atoms with van der Waals surface area (Å²) in [5.41, 5.74) is 9.81. The highest BCUT2D eigenvalue weighted by Gasteiger charge is 2.20. The molecule has 0 radical (unpaired) electrons. The SMILES string of the molecule is c1ccc(-c2nc3c(ccc4sc5ccc6ccc(-c7nc(-c8cccc(-c9cccc%10c9sc9ccccc9%10)c8)nc(-c8ccccc8-c8ccccc8)n7)cc6c5c43)o2)cc1. The van der Waals surface area contributed by atoms with E-state index in [2.05, 4.69) is 152 Å². The Morgan fingerprint density at radius 3 is 1.83 bits per heavy atom. The summed E-state index contributed by atoms with van der Waals surface area (Å²) in [7, 11) is 0. The highest BCUT2D eigenvalue weighted by atomic mass is 32.1. The first-order valence-corrected chi connectivity index (χ1v) is 22.5. The van der Waals surface area contributed by atoms with Gasteiger partial charge >= 0.3 is 0 Å². The Balaban J connectivity index is 1.02. The summed E-state index contributed by atoms with van der Waals surface area (Å²) in [5.74, 6) is 2.44. The predicted octanol–water partition coefficient (Wildman–Crippen LogP) is 15.9. The second-order valence-corrected chi connectivity index (χ2v) is 17.9. The molecule has 9 aromatic carbocycles. The van der Waals surface area contributed by atoms with Gasteiger partial charge in [-0.3, -0.25) is 0 Å². The molecule has 0 atom stereocenters. The molecular formula is C56H32N4OS2. The third-order valence-corrected chi connectivity index (χ3v) is 14.3. The van der Waals surface area contributed by atoms with Gasteiger partial charge in [-0.2, -0.15) is 0 Å². The molecule has 0 amide bonds. The molecule has 0 aliphatic heterocycles. The zero-order valence-electron chi connectivity index (χ0n) is 33.5. The van der Waals surface area contributed by atoms with Crippen molar-refractivity contribution in [2.45, 2.75) is 0 Å². The van der Waals surface area contributed by atoms with Crippen molar-refractivity contribution in [2.75, 3.05) is 0 Å². The van der Waals surface area contributed by atoms with E-state index in [-0.39, 0.29) is 0 Å². The maximum atomic E-state index is 6.38. The third kappa shape index (κ3) is 5.97. The Morgan fingerprint density at radius 1 is 0.349 bits per heavy atom. The minimum atomic E-state index is 0.603. The number of hydrogen-bond donors (Lipinski definition) is 0. The fraction of sp³-hybridized carbons (Fsp3) is 0. The Morgan fingerprint density at radius 2 is 0.968 bits per heavy atom. The topological polar surface area (TPSA) is 64.7 Å². The highest BCUT2D eigenvalue weighted by molar-refractivity contribution is 7.26. The van der Waals surface area contributed by atoms with Gasteiger partial charge < -0.3 is 4.42 Å². The Labute approximate surface area is 369 Å². The van der Waals surface area contributed by atoms with Crippen molar-refractivity contribution in [3.8, 4) is 67.9 Å². The van der Waals surface area contributed by atoms with Crippen LogP contribution < -0.4 is 0 Å². The van der Waals surface area contributed by atoms with Crippen molar-refractivity contribution in [3.63, 3.8) is 0 Å². The number of nitrogens with zero attached hydrogens (tertiary/aromatic N) is 4. The summed E-state index contributed by atoms with van der Waals surface area (Å²) < 4.78 is 11.3. The van der Waals surface area contributed by atoms with Gasteiger partial charge in [0.1, 0.15) is 5.52 Å². The van der Waals surface area contributed by atoms with Crippen LogP contribution in [0.1, 0.15) is 0 Å². The van der Waals surface area contributed by atoms with Crippen LogP contribution in [0.15, 0.2) is 199 Å². The average molecular weight is 841 g/mol. The number of rotatable bonds is 6. The molecule has 294 valence electrons. The number of benzene rings is 9. The van der Waals surface area contributed by atoms with Crippen LogP contribution in [0.5, 0.6) is 0 Å². The lowest BCUT2D eigenvalue weighted by Gasteiger charge is -2.13. The van der Waals surface area contributed by atoms with Crippen molar-refractivity contribution in [3.05, 3.63) is 194 Å². The van der Waals surface area contributed by atoms with Crippen LogP contribution >= 0.6 is 22.7 Å². The minimum absolute atomic E-state index is 0.603. The molecule has 13 rings (SSSR count). The Bertz CT molecular complexity index is 3930. The second kappa shape index (κ2) is 14.4. The van der Waals surface area contributed by atoms with E-state index in [0.29, 0.717) is 23.4 Å². The molecule has 0 unspecified atom stereocenters. The first-order valence-electron chi connectivity index (χ1n) is 20.9. The van der Waals surface area contributed by atoms with Gasteiger partial charge in [0.15, 0.2) is 23.1 Å². The van der Waals surface area contributed by atoms with Crippen LogP contribution in [0.3, 0.4) is 0 Å². The Hall–Kier alpha value is -7.84. The van der Waals surface area contributed by atoms with E-state index in [0.717, 1.165) is 76.3 Å². The van der Waals surface area contributed by atoms with Crippen LogP contribution in [0, 0.1) is 0 Å². The van der Waals surface area contributed by atoms with E-state index < -0.39 is 0 Å². The molecule has 0 fully saturated rings. The first kappa shape index (κ1) is 35.9. The van der Waals surface area contributed by atoms with E-state index in [1.165, 1.54) is 30.4 Å². The van der Waals surface area contributed by atoms with Gasteiger partial charge in [0.05, 0.1) is 0 Å². The summed E-state index contributed by atoms with van der Waals surface area (Å²) in [4.78, 5) is 21.0. The molecular weight excluding hydrogens is 809 g/mol. The number of hydrogen-bond acceptors (Lipinski definition) is 7. The smallest absolute Gasteiger partial charge is 0.227 e. The fourth-order valence-corrected chi connectivity index (χ4v) is 11.4. The highest BCUT2D eigenvalue weighted by Crippen LogP contribution is 2.44. The van der Waals surface area contributed by atoms with E-state index in [4.69, 9.17) is 24.4 Å². The quantitative estimate of drug-likeness (QED) is 0.167. The molecule has 5 nitrogen and oxygen atoms in total. The van der Waals surface area contributed by atoms with Gasteiger partial charge in [0, 0.05) is 62.6 Å². The first-order chi connectivity index (χ1) is 31.2.